The lowest BCUT2D eigenvalue weighted by atomic mass is 10.1. The highest BCUT2D eigenvalue weighted by atomic mass is 79.9. The van der Waals surface area contributed by atoms with E-state index in [4.69, 9.17) is 8.92 Å². The van der Waals surface area contributed by atoms with E-state index in [-0.39, 0.29) is 28.2 Å². The number of nitrogens with one attached hydrogen (secondary N) is 1. The minimum Gasteiger partial charge on any atom is -0.490 e. The topological polar surface area (TPSA) is 149 Å². The number of nitro groups is 1. The SMILES string of the molecule is CCOc1cc(/C=C(\C#N)C(=O)Nc2cccc3ccccc23)cc(Br)c1OS(=O)(=O)c1cccc([N+](=O)[O-])c1. The van der Waals surface area contributed by atoms with Crippen LogP contribution >= 0.6 is 15.9 Å². The third-order valence-electron chi connectivity index (χ3n) is 5.56. The Morgan fingerprint density at radius 3 is 2.55 bits per heavy atom. The molecule has 0 aliphatic carbocycles. The number of nitrogens with zero attached hydrogens (tertiary/aromatic N) is 2. The van der Waals surface area contributed by atoms with Crippen molar-refractivity contribution in [2.75, 3.05) is 11.9 Å². The zero-order valence-electron chi connectivity index (χ0n) is 20.8. The summed E-state index contributed by atoms with van der Waals surface area (Å²) < 4.78 is 36.9. The number of nitro benzene ring substituents is 1. The summed E-state index contributed by atoms with van der Waals surface area (Å²) in [7, 11) is -4.49. The van der Waals surface area contributed by atoms with Gasteiger partial charge in [-0.1, -0.05) is 42.5 Å². The Kier molecular flexibility index (Phi) is 8.47. The molecule has 10 nitrogen and oxygen atoms in total. The third-order valence-corrected chi connectivity index (χ3v) is 7.36. The predicted octanol–water partition coefficient (Wildman–Crippen LogP) is 6.22. The molecular formula is C28H20BrN3O7S. The van der Waals surface area contributed by atoms with Crippen LogP contribution in [-0.2, 0) is 14.9 Å². The Hall–Kier alpha value is -4.73. The van der Waals surface area contributed by atoms with Gasteiger partial charge >= 0.3 is 10.1 Å². The highest BCUT2D eigenvalue weighted by Gasteiger charge is 2.24. The molecule has 4 aromatic carbocycles. The van der Waals surface area contributed by atoms with Crippen molar-refractivity contribution in [2.45, 2.75) is 11.8 Å². The average molecular weight is 622 g/mol. The highest BCUT2D eigenvalue weighted by molar-refractivity contribution is 9.10. The van der Waals surface area contributed by atoms with Crippen LogP contribution in [0.5, 0.6) is 11.5 Å². The van der Waals surface area contributed by atoms with Crippen LogP contribution in [0.15, 0.2) is 93.8 Å². The molecule has 0 heterocycles. The van der Waals surface area contributed by atoms with Crippen molar-refractivity contribution in [3.63, 3.8) is 0 Å². The van der Waals surface area contributed by atoms with Gasteiger partial charge in [-0.05, 0) is 64.1 Å². The number of hydrogen-bond donors (Lipinski definition) is 1. The van der Waals surface area contributed by atoms with E-state index in [0.29, 0.717) is 11.3 Å². The van der Waals surface area contributed by atoms with Gasteiger partial charge in [-0.15, -0.1) is 0 Å². The molecule has 4 aromatic rings. The van der Waals surface area contributed by atoms with Crippen molar-refractivity contribution < 1.29 is 27.1 Å². The lowest BCUT2D eigenvalue weighted by Crippen LogP contribution is -2.14. The maximum atomic E-state index is 13.0. The number of fused-ring (bicyclic) bond motifs is 1. The number of benzene rings is 4. The molecule has 1 N–H and O–H groups in total. The van der Waals surface area contributed by atoms with E-state index in [9.17, 15) is 28.6 Å². The van der Waals surface area contributed by atoms with E-state index in [1.807, 2.05) is 36.4 Å². The maximum Gasteiger partial charge on any atom is 0.339 e. The van der Waals surface area contributed by atoms with Crippen LogP contribution in [0, 0.1) is 21.4 Å². The van der Waals surface area contributed by atoms with Crippen molar-refractivity contribution in [3.8, 4) is 17.6 Å². The Balaban J connectivity index is 1.66. The minimum atomic E-state index is -4.49. The normalized spacial score (nSPS) is 11.5. The van der Waals surface area contributed by atoms with Gasteiger partial charge in [0.15, 0.2) is 11.5 Å². The van der Waals surface area contributed by atoms with Crippen LogP contribution in [0.4, 0.5) is 11.4 Å². The zero-order valence-corrected chi connectivity index (χ0v) is 23.2. The van der Waals surface area contributed by atoms with Crippen LogP contribution in [0.25, 0.3) is 16.8 Å². The Morgan fingerprint density at radius 2 is 1.82 bits per heavy atom. The molecule has 0 radical (unpaired) electrons. The van der Waals surface area contributed by atoms with Crippen molar-refractivity contribution in [3.05, 3.63) is 105 Å². The quantitative estimate of drug-likeness (QED) is 0.0760. The number of carbonyl (C=O) groups is 1. The van der Waals surface area contributed by atoms with Gasteiger partial charge in [0.25, 0.3) is 11.6 Å². The summed E-state index contributed by atoms with van der Waals surface area (Å²) in [5, 5.41) is 25.3. The lowest BCUT2D eigenvalue weighted by Gasteiger charge is -2.15. The summed E-state index contributed by atoms with van der Waals surface area (Å²) in [4.78, 5) is 22.9. The van der Waals surface area contributed by atoms with E-state index in [1.165, 1.54) is 30.3 Å². The molecule has 12 heteroatoms. The molecular weight excluding hydrogens is 602 g/mol. The standard InChI is InChI=1S/C28H20BrN3O7S/c1-2-38-26-15-18(13-20(17-30)28(33)31-25-12-5-8-19-7-3-4-11-23(19)25)14-24(29)27(26)39-40(36,37)22-10-6-9-21(16-22)32(34)35/h3-16H,2H2,1H3,(H,31,33)/b20-13+. The second-order valence-electron chi connectivity index (χ2n) is 8.21. The monoisotopic (exact) mass is 621 g/mol. The summed E-state index contributed by atoms with van der Waals surface area (Å²) in [5.41, 5.74) is 0.260. The minimum absolute atomic E-state index is 0.00359. The molecule has 40 heavy (non-hydrogen) atoms. The third kappa shape index (κ3) is 6.28. The predicted molar refractivity (Wildman–Crippen MR) is 152 cm³/mol. The summed E-state index contributed by atoms with van der Waals surface area (Å²) in [6, 6.07) is 22.1. The van der Waals surface area contributed by atoms with Crippen LogP contribution in [0.2, 0.25) is 0 Å². The van der Waals surface area contributed by atoms with Gasteiger partial charge in [0.2, 0.25) is 0 Å². The molecule has 0 aliphatic heterocycles. The maximum absolute atomic E-state index is 13.0. The second kappa shape index (κ2) is 12.0. The molecule has 0 aromatic heterocycles. The molecule has 4 rings (SSSR count). The van der Waals surface area contributed by atoms with Gasteiger partial charge in [-0.25, -0.2) is 0 Å². The first kappa shape index (κ1) is 28.3. The number of halogens is 1. The fourth-order valence-electron chi connectivity index (χ4n) is 3.76. The van der Waals surface area contributed by atoms with Crippen molar-refractivity contribution in [1.82, 2.24) is 0 Å². The number of amides is 1. The summed E-state index contributed by atoms with van der Waals surface area (Å²) in [6.45, 7) is 1.81. The number of hydrogen-bond acceptors (Lipinski definition) is 8. The smallest absolute Gasteiger partial charge is 0.339 e. The van der Waals surface area contributed by atoms with Crippen LogP contribution in [0.3, 0.4) is 0 Å². The first-order chi connectivity index (χ1) is 19.1. The highest BCUT2D eigenvalue weighted by Crippen LogP contribution is 2.39. The van der Waals surface area contributed by atoms with Crippen molar-refractivity contribution >= 4 is 60.2 Å². The Bertz CT molecular complexity index is 1810. The van der Waals surface area contributed by atoms with Gasteiger partial charge < -0.3 is 14.2 Å². The molecule has 202 valence electrons. The van der Waals surface area contributed by atoms with E-state index >= 15 is 0 Å². The molecule has 0 aliphatic rings. The summed E-state index contributed by atoms with van der Waals surface area (Å²) in [5.74, 6) is -0.838. The van der Waals surface area contributed by atoms with Crippen LogP contribution < -0.4 is 14.2 Å². The van der Waals surface area contributed by atoms with Gasteiger partial charge in [0.1, 0.15) is 16.5 Å². The summed E-state index contributed by atoms with van der Waals surface area (Å²) in [6.07, 6.45) is 1.33. The van der Waals surface area contributed by atoms with E-state index in [0.717, 1.165) is 22.9 Å². The fraction of sp³-hybridized carbons (Fsp3) is 0.0714. The number of non-ortho nitro benzene ring substituents is 1. The molecule has 0 fully saturated rings. The van der Waals surface area contributed by atoms with Crippen LogP contribution in [0.1, 0.15) is 12.5 Å². The zero-order chi connectivity index (χ0) is 28.9. The van der Waals surface area contributed by atoms with E-state index in [2.05, 4.69) is 21.2 Å². The van der Waals surface area contributed by atoms with E-state index in [1.54, 1.807) is 19.1 Å². The number of rotatable bonds is 9. The van der Waals surface area contributed by atoms with Crippen molar-refractivity contribution in [2.24, 2.45) is 0 Å². The van der Waals surface area contributed by atoms with Gasteiger partial charge in [-0.2, -0.15) is 13.7 Å². The number of ether oxygens (including phenoxy) is 1. The van der Waals surface area contributed by atoms with Gasteiger partial charge in [-0.3, -0.25) is 14.9 Å². The van der Waals surface area contributed by atoms with E-state index < -0.39 is 31.5 Å². The molecule has 0 spiro atoms. The first-order valence-electron chi connectivity index (χ1n) is 11.7. The molecule has 0 bridgehead atoms. The number of nitriles is 1. The number of carbonyl (C=O) groups excluding carboxylic acids is 1. The largest absolute Gasteiger partial charge is 0.490 e. The van der Waals surface area contributed by atoms with Gasteiger partial charge in [0, 0.05) is 23.2 Å². The molecule has 0 unspecified atom stereocenters. The molecule has 0 saturated heterocycles. The van der Waals surface area contributed by atoms with Crippen molar-refractivity contribution in [1.29, 1.82) is 5.26 Å². The molecule has 0 saturated carbocycles. The fourth-order valence-corrected chi connectivity index (χ4v) is 5.41. The lowest BCUT2D eigenvalue weighted by molar-refractivity contribution is -0.385. The number of anilines is 1. The molecule has 1 amide bonds. The average Bonchev–Trinajstić information content (AvgIpc) is 2.94. The molecule has 0 atom stereocenters. The first-order valence-corrected chi connectivity index (χ1v) is 13.9. The Morgan fingerprint density at radius 1 is 1.10 bits per heavy atom. The van der Waals surface area contributed by atoms with Gasteiger partial charge in [0.05, 0.1) is 16.0 Å². The Labute approximate surface area is 237 Å². The van der Waals surface area contributed by atoms with Crippen LogP contribution in [-0.4, -0.2) is 25.9 Å². The second-order valence-corrected chi connectivity index (χ2v) is 10.6. The summed E-state index contributed by atoms with van der Waals surface area (Å²) >= 11 is 3.27.